The van der Waals surface area contributed by atoms with E-state index in [0.717, 1.165) is 23.0 Å². The van der Waals surface area contributed by atoms with Crippen LogP contribution < -0.4 is 4.90 Å². The van der Waals surface area contributed by atoms with Crippen LogP contribution in [0.25, 0.3) is 10.9 Å². The summed E-state index contributed by atoms with van der Waals surface area (Å²) in [6, 6.07) is 16.7. The molecule has 2 aliphatic rings. The van der Waals surface area contributed by atoms with Crippen LogP contribution in [0.1, 0.15) is 22.5 Å². The number of nitriles is 1. The number of anilines is 1. The van der Waals surface area contributed by atoms with Crippen molar-refractivity contribution in [3.05, 3.63) is 59.8 Å². The first-order valence-electron chi connectivity index (χ1n) is 10.4. The number of aromatic amines is 1. The minimum atomic E-state index is -0.167. The molecule has 1 unspecified atom stereocenters. The van der Waals surface area contributed by atoms with Crippen molar-refractivity contribution in [2.75, 3.05) is 37.6 Å². The second-order valence-electron chi connectivity index (χ2n) is 7.90. The molecule has 1 N–H and O–H groups in total. The van der Waals surface area contributed by atoms with Crippen molar-refractivity contribution < 1.29 is 9.59 Å². The Morgan fingerprint density at radius 1 is 1.03 bits per heavy atom. The van der Waals surface area contributed by atoms with Gasteiger partial charge in [0.2, 0.25) is 5.91 Å². The number of fused-ring (bicyclic) bond motifs is 1. The highest BCUT2D eigenvalue weighted by molar-refractivity contribution is 6.04. The van der Waals surface area contributed by atoms with Crippen molar-refractivity contribution in [3.8, 4) is 6.07 Å². The lowest BCUT2D eigenvalue weighted by Gasteiger charge is -2.37. The van der Waals surface area contributed by atoms with Gasteiger partial charge in [-0.05, 0) is 36.8 Å². The Bertz CT molecular complexity index is 1170. The largest absolute Gasteiger partial charge is 0.335 e. The summed E-state index contributed by atoms with van der Waals surface area (Å²) >= 11 is 0. The molecule has 31 heavy (non-hydrogen) atoms. The Morgan fingerprint density at radius 2 is 1.77 bits per heavy atom. The van der Waals surface area contributed by atoms with Crippen molar-refractivity contribution in [2.45, 2.75) is 12.5 Å². The molecule has 156 valence electrons. The fraction of sp³-hybridized carbons (Fsp3) is 0.304. The molecule has 0 saturated carbocycles. The molecule has 0 bridgehead atoms. The maximum Gasteiger partial charge on any atom is 0.275 e. The van der Waals surface area contributed by atoms with Crippen molar-refractivity contribution in [1.29, 1.82) is 5.26 Å². The lowest BCUT2D eigenvalue weighted by molar-refractivity contribution is -0.122. The molecular weight excluding hydrogens is 392 g/mol. The molecule has 2 aliphatic heterocycles. The van der Waals surface area contributed by atoms with E-state index in [1.54, 1.807) is 17.0 Å². The van der Waals surface area contributed by atoms with Gasteiger partial charge in [0.1, 0.15) is 0 Å². The number of carbonyl (C=O) groups excluding carboxylic acids is 2. The number of hydrogen-bond acceptors (Lipinski definition) is 5. The molecule has 0 spiro atoms. The van der Waals surface area contributed by atoms with E-state index in [1.165, 1.54) is 0 Å². The van der Waals surface area contributed by atoms with Gasteiger partial charge in [-0.15, -0.1) is 0 Å². The molecule has 8 nitrogen and oxygen atoms in total. The lowest BCUT2D eigenvalue weighted by atomic mass is 10.1. The molecule has 2 amide bonds. The molecule has 2 fully saturated rings. The summed E-state index contributed by atoms with van der Waals surface area (Å²) in [7, 11) is 0. The van der Waals surface area contributed by atoms with Gasteiger partial charge in [-0.1, -0.05) is 18.2 Å². The van der Waals surface area contributed by atoms with Crippen LogP contribution in [0.3, 0.4) is 0 Å². The molecule has 3 heterocycles. The monoisotopic (exact) mass is 414 g/mol. The van der Waals surface area contributed by atoms with E-state index in [9.17, 15) is 9.59 Å². The minimum Gasteiger partial charge on any atom is -0.335 e. The molecule has 1 aromatic heterocycles. The maximum atomic E-state index is 13.0. The zero-order valence-corrected chi connectivity index (χ0v) is 17.0. The van der Waals surface area contributed by atoms with Gasteiger partial charge in [-0.2, -0.15) is 10.4 Å². The fourth-order valence-electron chi connectivity index (χ4n) is 4.49. The second kappa shape index (κ2) is 7.85. The van der Waals surface area contributed by atoms with E-state index in [0.29, 0.717) is 44.0 Å². The molecule has 0 radical (unpaired) electrons. The third kappa shape index (κ3) is 3.43. The molecule has 1 atom stereocenters. The summed E-state index contributed by atoms with van der Waals surface area (Å²) in [5.41, 5.74) is 2.71. The summed E-state index contributed by atoms with van der Waals surface area (Å²) < 4.78 is 0. The van der Waals surface area contributed by atoms with Crippen LogP contribution in [-0.2, 0) is 4.79 Å². The smallest absolute Gasteiger partial charge is 0.275 e. The van der Waals surface area contributed by atoms with E-state index >= 15 is 0 Å². The topological polar surface area (TPSA) is 96.3 Å². The molecule has 5 rings (SSSR count). The molecule has 0 aliphatic carbocycles. The average molecular weight is 414 g/mol. The first-order chi connectivity index (χ1) is 15.2. The van der Waals surface area contributed by atoms with E-state index in [-0.39, 0.29) is 17.9 Å². The van der Waals surface area contributed by atoms with Crippen LogP contribution >= 0.6 is 0 Å². The molecule has 8 heteroatoms. The summed E-state index contributed by atoms with van der Waals surface area (Å²) in [6.45, 7) is 3.12. The Labute approximate surface area is 179 Å². The Hall–Kier alpha value is -3.70. The third-order valence-electron chi connectivity index (χ3n) is 6.20. The number of hydrogen-bond donors (Lipinski definition) is 1. The summed E-state index contributed by atoms with van der Waals surface area (Å²) in [4.78, 5) is 31.8. The first kappa shape index (κ1) is 19.3. The standard InChI is InChI=1S/C23H22N6O2/c24-15-16-5-7-17(8-6-16)29-10-9-20(22(29)30)27-11-13-28(14-12-27)23(31)21-18-3-1-2-4-19(18)25-26-21/h1-8,20H,9-14H2,(H,25,26). The normalized spacial score (nSPS) is 19.7. The quantitative estimate of drug-likeness (QED) is 0.707. The van der Waals surface area contributed by atoms with Gasteiger partial charge in [0, 0.05) is 43.8 Å². The highest BCUT2D eigenvalue weighted by Gasteiger charge is 2.38. The van der Waals surface area contributed by atoms with E-state index in [1.807, 2.05) is 41.3 Å². The summed E-state index contributed by atoms with van der Waals surface area (Å²) in [6.07, 6.45) is 0.761. The van der Waals surface area contributed by atoms with Crippen LogP contribution in [0.2, 0.25) is 0 Å². The number of carbonyl (C=O) groups is 2. The van der Waals surface area contributed by atoms with Crippen molar-refractivity contribution in [1.82, 2.24) is 20.0 Å². The van der Waals surface area contributed by atoms with Crippen LogP contribution in [0.4, 0.5) is 5.69 Å². The van der Waals surface area contributed by atoms with Crippen molar-refractivity contribution in [3.63, 3.8) is 0 Å². The summed E-state index contributed by atoms with van der Waals surface area (Å²) in [5.74, 6) is 0.0110. The number of piperazine rings is 1. The molecule has 3 aromatic rings. The number of aromatic nitrogens is 2. The Kier molecular flexibility index (Phi) is 4.88. The van der Waals surface area contributed by atoms with Gasteiger partial charge >= 0.3 is 0 Å². The number of amides is 2. The van der Waals surface area contributed by atoms with E-state index in [2.05, 4.69) is 21.2 Å². The predicted molar refractivity (Wildman–Crippen MR) is 115 cm³/mol. The van der Waals surface area contributed by atoms with Gasteiger partial charge in [-0.3, -0.25) is 19.6 Å². The number of rotatable bonds is 3. The van der Waals surface area contributed by atoms with Crippen LogP contribution in [0.5, 0.6) is 0 Å². The van der Waals surface area contributed by atoms with Gasteiger partial charge in [-0.25, -0.2) is 0 Å². The van der Waals surface area contributed by atoms with E-state index in [4.69, 9.17) is 5.26 Å². The van der Waals surface area contributed by atoms with Gasteiger partial charge < -0.3 is 9.80 Å². The highest BCUT2D eigenvalue weighted by atomic mass is 16.2. The maximum absolute atomic E-state index is 13.0. The molecular formula is C23H22N6O2. The zero-order valence-electron chi connectivity index (χ0n) is 17.0. The van der Waals surface area contributed by atoms with Crippen LogP contribution in [-0.4, -0.2) is 70.6 Å². The molecule has 2 saturated heterocycles. The molecule has 2 aromatic carbocycles. The van der Waals surface area contributed by atoms with Gasteiger partial charge in [0.25, 0.3) is 5.91 Å². The number of benzene rings is 2. The van der Waals surface area contributed by atoms with Crippen molar-refractivity contribution >= 4 is 28.4 Å². The van der Waals surface area contributed by atoms with E-state index < -0.39 is 0 Å². The lowest BCUT2D eigenvalue weighted by Crippen LogP contribution is -2.53. The van der Waals surface area contributed by atoms with Crippen molar-refractivity contribution in [2.24, 2.45) is 0 Å². The fourth-order valence-corrected chi connectivity index (χ4v) is 4.49. The Morgan fingerprint density at radius 3 is 2.52 bits per heavy atom. The van der Waals surface area contributed by atoms with Gasteiger partial charge in [0.05, 0.1) is 23.2 Å². The van der Waals surface area contributed by atoms with Crippen LogP contribution in [0, 0.1) is 11.3 Å². The second-order valence-corrected chi connectivity index (χ2v) is 7.90. The average Bonchev–Trinajstić information content (AvgIpc) is 3.42. The summed E-state index contributed by atoms with van der Waals surface area (Å²) in [5, 5.41) is 16.9. The predicted octanol–water partition coefficient (Wildman–Crippen LogP) is 2.00. The third-order valence-corrected chi connectivity index (χ3v) is 6.20. The van der Waals surface area contributed by atoms with Crippen LogP contribution in [0.15, 0.2) is 48.5 Å². The number of para-hydroxylation sites is 1. The zero-order chi connectivity index (χ0) is 21.4. The Balaban J connectivity index is 1.23. The number of nitrogens with one attached hydrogen (secondary N) is 1. The SMILES string of the molecule is N#Cc1ccc(N2CCC(N3CCN(C(=O)c4n[nH]c5ccccc45)CC3)C2=O)cc1. The number of H-pyrrole nitrogens is 1. The van der Waals surface area contributed by atoms with Gasteiger partial charge in [0.15, 0.2) is 5.69 Å². The first-order valence-corrected chi connectivity index (χ1v) is 10.4. The highest BCUT2D eigenvalue weighted by Crippen LogP contribution is 2.26. The number of nitrogens with zero attached hydrogens (tertiary/aromatic N) is 5. The minimum absolute atomic E-state index is 0.0749.